The number of rotatable bonds is 6. The van der Waals surface area contributed by atoms with E-state index >= 15 is 0 Å². The molecule has 2 N–H and O–H groups in total. The molecule has 0 saturated carbocycles. The number of benzene rings is 1. The van der Waals surface area contributed by atoms with Gasteiger partial charge in [-0.25, -0.2) is 17.5 Å². The van der Waals surface area contributed by atoms with E-state index in [2.05, 4.69) is 4.72 Å². The van der Waals surface area contributed by atoms with Gasteiger partial charge in [-0.15, -0.1) is 0 Å². The SMILES string of the molecule is Cc1cc(F)ccc1S(=O)(=O)NC(CO)CC(C)C. The zero-order chi connectivity index (χ0) is 14.6. The zero-order valence-corrected chi connectivity index (χ0v) is 12.2. The number of sulfonamides is 1. The molecule has 108 valence electrons. The second-order valence-corrected chi connectivity index (χ2v) is 6.72. The maximum absolute atomic E-state index is 13.0. The summed E-state index contributed by atoms with van der Waals surface area (Å²) in [5.74, 6) is -0.216. The van der Waals surface area contributed by atoms with Gasteiger partial charge in [-0.05, 0) is 43.0 Å². The van der Waals surface area contributed by atoms with Gasteiger partial charge in [-0.1, -0.05) is 13.8 Å². The van der Waals surface area contributed by atoms with Crippen LogP contribution in [-0.4, -0.2) is 26.2 Å². The average Bonchev–Trinajstić information content (AvgIpc) is 2.26. The fourth-order valence-electron chi connectivity index (χ4n) is 1.93. The van der Waals surface area contributed by atoms with E-state index in [1.165, 1.54) is 19.1 Å². The fraction of sp³-hybridized carbons (Fsp3) is 0.538. The number of halogens is 1. The van der Waals surface area contributed by atoms with E-state index in [1.807, 2.05) is 13.8 Å². The van der Waals surface area contributed by atoms with Crippen molar-refractivity contribution in [3.05, 3.63) is 29.6 Å². The molecule has 6 heteroatoms. The molecule has 0 amide bonds. The lowest BCUT2D eigenvalue weighted by Crippen LogP contribution is -2.38. The van der Waals surface area contributed by atoms with Crippen LogP contribution in [0.1, 0.15) is 25.8 Å². The Morgan fingerprint density at radius 2 is 2.00 bits per heavy atom. The van der Waals surface area contributed by atoms with Crippen molar-refractivity contribution in [3.63, 3.8) is 0 Å². The minimum Gasteiger partial charge on any atom is -0.395 e. The maximum Gasteiger partial charge on any atom is 0.241 e. The van der Waals surface area contributed by atoms with E-state index in [4.69, 9.17) is 0 Å². The van der Waals surface area contributed by atoms with E-state index in [1.54, 1.807) is 0 Å². The van der Waals surface area contributed by atoms with Crippen molar-refractivity contribution in [1.82, 2.24) is 4.72 Å². The second kappa shape index (κ2) is 6.45. The van der Waals surface area contributed by atoms with Crippen LogP contribution in [-0.2, 0) is 10.0 Å². The highest BCUT2D eigenvalue weighted by atomic mass is 32.2. The molecule has 0 bridgehead atoms. The van der Waals surface area contributed by atoms with E-state index in [0.29, 0.717) is 12.0 Å². The molecule has 0 aromatic heterocycles. The van der Waals surface area contributed by atoms with Gasteiger partial charge in [-0.2, -0.15) is 0 Å². The molecule has 1 atom stereocenters. The minimum absolute atomic E-state index is 0.0381. The molecule has 0 aliphatic heterocycles. The van der Waals surface area contributed by atoms with Crippen LogP contribution >= 0.6 is 0 Å². The third kappa shape index (κ3) is 4.56. The molecule has 0 fully saturated rings. The van der Waals surface area contributed by atoms with Crippen LogP contribution < -0.4 is 4.72 Å². The van der Waals surface area contributed by atoms with Crippen molar-refractivity contribution in [1.29, 1.82) is 0 Å². The van der Waals surface area contributed by atoms with Gasteiger partial charge in [0, 0.05) is 6.04 Å². The summed E-state index contributed by atoms with van der Waals surface area (Å²) in [5, 5.41) is 9.21. The Hall–Kier alpha value is -0.980. The van der Waals surface area contributed by atoms with Gasteiger partial charge < -0.3 is 5.11 Å². The standard InChI is InChI=1S/C13H20FNO3S/c1-9(2)6-12(8-16)15-19(17,18)13-5-4-11(14)7-10(13)3/h4-5,7,9,12,15-16H,6,8H2,1-3H3. The molecule has 1 aromatic carbocycles. The summed E-state index contributed by atoms with van der Waals surface area (Å²) in [5.41, 5.74) is 0.341. The van der Waals surface area contributed by atoms with Crippen LogP contribution in [0.4, 0.5) is 4.39 Å². The highest BCUT2D eigenvalue weighted by Gasteiger charge is 2.22. The van der Waals surface area contributed by atoms with Gasteiger partial charge in [0.15, 0.2) is 0 Å². The van der Waals surface area contributed by atoms with Crippen LogP contribution in [0.3, 0.4) is 0 Å². The van der Waals surface area contributed by atoms with E-state index in [0.717, 1.165) is 6.07 Å². The quantitative estimate of drug-likeness (QED) is 0.839. The van der Waals surface area contributed by atoms with Crippen LogP contribution in [0.2, 0.25) is 0 Å². The summed E-state index contributed by atoms with van der Waals surface area (Å²) in [7, 11) is -3.74. The topological polar surface area (TPSA) is 66.4 Å². The van der Waals surface area contributed by atoms with Crippen molar-refractivity contribution >= 4 is 10.0 Å². The first-order chi connectivity index (χ1) is 8.76. The smallest absolute Gasteiger partial charge is 0.241 e. The lowest BCUT2D eigenvalue weighted by Gasteiger charge is -2.19. The number of aryl methyl sites for hydroxylation is 1. The predicted molar refractivity (Wildman–Crippen MR) is 71.8 cm³/mol. The molecular formula is C13H20FNO3S. The Kier molecular flexibility index (Phi) is 5.46. The van der Waals surface area contributed by atoms with Crippen molar-refractivity contribution in [2.24, 2.45) is 5.92 Å². The summed E-state index contributed by atoms with van der Waals surface area (Å²) in [6, 6.07) is 2.98. The van der Waals surface area contributed by atoms with Crippen LogP contribution in [0.5, 0.6) is 0 Å². The van der Waals surface area contributed by atoms with Crippen LogP contribution in [0.25, 0.3) is 0 Å². The number of hydrogen-bond donors (Lipinski definition) is 2. The summed E-state index contributed by atoms with van der Waals surface area (Å²) in [6.45, 7) is 5.16. The molecule has 0 radical (unpaired) electrons. The lowest BCUT2D eigenvalue weighted by atomic mass is 10.1. The third-order valence-corrected chi connectivity index (χ3v) is 4.41. The van der Waals surface area contributed by atoms with Gasteiger partial charge in [-0.3, -0.25) is 0 Å². The van der Waals surface area contributed by atoms with Crippen LogP contribution in [0.15, 0.2) is 23.1 Å². The highest BCUT2D eigenvalue weighted by Crippen LogP contribution is 2.17. The average molecular weight is 289 g/mol. The van der Waals surface area contributed by atoms with Gasteiger partial charge in [0.05, 0.1) is 11.5 Å². The molecule has 0 aliphatic rings. The fourth-order valence-corrected chi connectivity index (χ4v) is 3.39. The number of aliphatic hydroxyl groups excluding tert-OH is 1. The maximum atomic E-state index is 13.0. The van der Waals surface area contributed by atoms with Crippen molar-refractivity contribution in [2.75, 3.05) is 6.61 Å². The zero-order valence-electron chi connectivity index (χ0n) is 11.4. The first kappa shape index (κ1) is 16.1. The third-order valence-electron chi connectivity index (χ3n) is 2.72. The molecule has 19 heavy (non-hydrogen) atoms. The van der Waals surface area contributed by atoms with Gasteiger partial charge in [0.25, 0.3) is 0 Å². The summed E-state index contributed by atoms with van der Waals surface area (Å²) < 4.78 is 39.8. The van der Waals surface area contributed by atoms with Gasteiger partial charge >= 0.3 is 0 Å². The molecule has 1 aromatic rings. The molecular weight excluding hydrogens is 269 g/mol. The largest absolute Gasteiger partial charge is 0.395 e. The minimum atomic E-state index is -3.74. The Morgan fingerprint density at radius 3 is 2.47 bits per heavy atom. The van der Waals surface area contributed by atoms with Crippen molar-refractivity contribution < 1.29 is 17.9 Å². The normalized spacial score (nSPS) is 13.8. The van der Waals surface area contributed by atoms with Crippen molar-refractivity contribution in [3.8, 4) is 0 Å². The Labute approximate surface area is 113 Å². The van der Waals surface area contributed by atoms with Gasteiger partial charge in [0.1, 0.15) is 5.82 Å². The number of nitrogens with one attached hydrogen (secondary N) is 1. The molecule has 0 spiro atoms. The molecule has 0 saturated heterocycles. The van der Waals surface area contributed by atoms with Crippen molar-refractivity contribution in [2.45, 2.75) is 38.1 Å². The van der Waals surface area contributed by atoms with E-state index in [9.17, 15) is 17.9 Å². The molecule has 0 aliphatic carbocycles. The van der Waals surface area contributed by atoms with E-state index < -0.39 is 21.9 Å². The first-order valence-corrected chi connectivity index (χ1v) is 7.64. The second-order valence-electron chi connectivity index (χ2n) is 5.04. The Morgan fingerprint density at radius 1 is 1.37 bits per heavy atom. The summed E-state index contributed by atoms with van der Waals surface area (Å²) in [4.78, 5) is 0.0381. The molecule has 4 nitrogen and oxygen atoms in total. The predicted octanol–water partition coefficient (Wildman–Crippen LogP) is 1.82. The summed E-state index contributed by atoms with van der Waals surface area (Å²) >= 11 is 0. The number of hydrogen-bond acceptors (Lipinski definition) is 3. The highest BCUT2D eigenvalue weighted by molar-refractivity contribution is 7.89. The van der Waals surface area contributed by atoms with Crippen LogP contribution in [0, 0.1) is 18.7 Å². The number of aliphatic hydroxyl groups is 1. The molecule has 1 unspecified atom stereocenters. The lowest BCUT2D eigenvalue weighted by molar-refractivity contribution is 0.240. The monoisotopic (exact) mass is 289 g/mol. The summed E-state index contributed by atoms with van der Waals surface area (Å²) in [6.07, 6.45) is 0.538. The Balaban J connectivity index is 2.97. The molecule has 0 heterocycles. The Bertz CT molecular complexity index is 529. The molecule has 1 rings (SSSR count). The van der Waals surface area contributed by atoms with Gasteiger partial charge in [0.2, 0.25) is 10.0 Å². The van der Waals surface area contributed by atoms with E-state index in [-0.39, 0.29) is 17.4 Å². The first-order valence-electron chi connectivity index (χ1n) is 6.15.